The van der Waals surface area contributed by atoms with Crippen LogP contribution in [0.4, 0.5) is 0 Å². The van der Waals surface area contributed by atoms with Crippen molar-refractivity contribution < 1.29 is 4.84 Å². The van der Waals surface area contributed by atoms with Crippen LogP contribution in [0, 0.1) is 0 Å². The molecule has 3 aromatic rings. The number of aryl methyl sites for hydroxylation is 1. The van der Waals surface area contributed by atoms with Crippen molar-refractivity contribution in [2.24, 2.45) is 5.16 Å². The second-order valence-corrected chi connectivity index (χ2v) is 6.56. The number of pyridine rings is 1. The molecule has 0 fully saturated rings. The Bertz CT molecular complexity index is 905. The normalized spacial score (nSPS) is 13.6. The quantitative estimate of drug-likeness (QED) is 0.343. The van der Waals surface area contributed by atoms with Crippen LogP contribution in [0.25, 0.3) is 5.57 Å². The Kier molecular flexibility index (Phi) is 5.39. The second kappa shape index (κ2) is 8.45. The summed E-state index contributed by atoms with van der Waals surface area (Å²) in [6.45, 7) is 0.552. The molecule has 1 aromatic heterocycles. The van der Waals surface area contributed by atoms with Gasteiger partial charge in [-0.3, -0.25) is 4.98 Å². The molecule has 1 heterocycles. The van der Waals surface area contributed by atoms with E-state index in [1.165, 1.54) is 16.7 Å². The lowest BCUT2D eigenvalue weighted by molar-refractivity contribution is 0.151. The SMILES string of the molecule is C1=C(CCON=C(c2ccccc2)c2cccnc2)c2ccccc2CC1. The van der Waals surface area contributed by atoms with E-state index < -0.39 is 0 Å². The second-order valence-electron chi connectivity index (χ2n) is 6.56. The van der Waals surface area contributed by atoms with Crippen LogP contribution in [0.3, 0.4) is 0 Å². The van der Waals surface area contributed by atoms with Gasteiger partial charge >= 0.3 is 0 Å². The summed E-state index contributed by atoms with van der Waals surface area (Å²) in [6.07, 6.45) is 8.98. The van der Waals surface area contributed by atoms with Gasteiger partial charge in [-0.2, -0.15) is 0 Å². The third-order valence-corrected chi connectivity index (χ3v) is 4.77. The highest BCUT2D eigenvalue weighted by molar-refractivity contribution is 6.12. The molecule has 3 nitrogen and oxygen atoms in total. The summed E-state index contributed by atoms with van der Waals surface area (Å²) < 4.78 is 0. The first-order valence-corrected chi connectivity index (χ1v) is 9.35. The van der Waals surface area contributed by atoms with E-state index in [2.05, 4.69) is 40.5 Å². The van der Waals surface area contributed by atoms with Crippen molar-refractivity contribution in [3.63, 3.8) is 0 Å². The Morgan fingerprint density at radius 3 is 2.59 bits per heavy atom. The van der Waals surface area contributed by atoms with Crippen molar-refractivity contribution in [3.05, 3.63) is 107 Å². The van der Waals surface area contributed by atoms with E-state index in [0.717, 1.165) is 36.1 Å². The van der Waals surface area contributed by atoms with Gasteiger partial charge in [0.2, 0.25) is 0 Å². The summed E-state index contributed by atoms with van der Waals surface area (Å²) in [6, 6.07) is 22.6. The molecule has 0 saturated heterocycles. The van der Waals surface area contributed by atoms with Gasteiger partial charge in [-0.15, -0.1) is 0 Å². The van der Waals surface area contributed by atoms with Crippen LogP contribution < -0.4 is 0 Å². The number of allylic oxidation sites excluding steroid dienone is 1. The highest BCUT2D eigenvalue weighted by atomic mass is 16.6. The lowest BCUT2D eigenvalue weighted by Crippen LogP contribution is -2.06. The molecule has 0 aliphatic heterocycles. The Labute approximate surface area is 160 Å². The number of benzene rings is 2. The number of aromatic nitrogens is 1. The minimum Gasteiger partial charge on any atom is -0.395 e. The van der Waals surface area contributed by atoms with E-state index in [1.54, 1.807) is 6.20 Å². The lowest BCUT2D eigenvalue weighted by Gasteiger charge is -2.17. The van der Waals surface area contributed by atoms with E-state index in [4.69, 9.17) is 4.84 Å². The third kappa shape index (κ3) is 4.14. The molecule has 3 heteroatoms. The van der Waals surface area contributed by atoms with Crippen molar-refractivity contribution in [1.29, 1.82) is 0 Å². The van der Waals surface area contributed by atoms with Crippen LogP contribution >= 0.6 is 0 Å². The predicted molar refractivity (Wildman–Crippen MR) is 110 cm³/mol. The molecule has 0 unspecified atom stereocenters. The standard InChI is InChI=1S/C24H22N2O/c1-2-9-21(10-3-1)24(22-13-7-16-25-18-22)26-27-17-15-20-12-6-11-19-8-4-5-14-23(19)20/h1-5,7-10,12-14,16,18H,6,11,15,17H2. The molecule has 2 aromatic carbocycles. The smallest absolute Gasteiger partial charge is 0.121 e. The fourth-order valence-corrected chi connectivity index (χ4v) is 3.44. The van der Waals surface area contributed by atoms with E-state index in [1.807, 2.05) is 48.7 Å². The molecular weight excluding hydrogens is 332 g/mol. The zero-order valence-electron chi connectivity index (χ0n) is 15.2. The number of fused-ring (bicyclic) bond motifs is 1. The summed E-state index contributed by atoms with van der Waals surface area (Å²) in [5.74, 6) is 0. The van der Waals surface area contributed by atoms with Crippen LogP contribution in [0.15, 0.2) is 90.4 Å². The molecule has 0 N–H and O–H groups in total. The minimum absolute atomic E-state index is 0.552. The van der Waals surface area contributed by atoms with Crippen molar-refractivity contribution >= 4 is 11.3 Å². The van der Waals surface area contributed by atoms with E-state index in [9.17, 15) is 0 Å². The summed E-state index contributed by atoms with van der Waals surface area (Å²) in [5, 5.41) is 4.45. The van der Waals surface area contributed by atoms with E-state index in [-0.39, 0.29) is 0 Å². The first-order valence-electron chi connectivity index (χ1n) is 9.35. The number of oxime groups is 1. The summed E-state index contributed by atoms with van der Waals surface area (Å²) in [7, 11) is 0. The molecule has 1 aliphatic rings. The molecule has 0 spiro atoms. The topological polar surface area (TPSA) is 34.5 Å². The number of hydrogen-bond acceptors (Lipinski definition) is 3. The molecule has 0 saturated carbocycles. The van der Waals surface area contributed by atoms with Gasteiger partial charge in [0.25, 0.3) is 0 Å². The van der Waals surface area contributed by atoms with Crippen molar-refractivity contribution in [2.45, 2.75) is 19.3 Å². The Hall–Kier alpha value is -3.20. The van der Waals surface area contributed by atoms with Crippen molar-refractivity contribution in [1.82, 2.24) is 4.98 Å². The molecule has 4 rings (SSSR count). The summed E-state index contributed by atoms with van der Waals surface area (Å²) >= 11 is 0. The van der Waals surface area contributed by atoms with Gasteiger partial charge in [-0.05, 0) is 41.7 Å². The lowest BCUT2D eigenvalue weighted by atomic mass is 9.89. The van der Waals surface area contributed by atoms with Crippen LogP contribution in [0.5, 0.6) is 0 Å². The molecule has 1 aliphatic carbocycles. The van der Waals surface area contributed by atoms with Crippen LogP contribution in [-0.2, 0) is 11.3 Å². The number of nitrogens with zero attached hydrogens (tertiary/aromatic N) is 2. The number of hydrogen-bond donors (Lipinski definition) is 0. The molecule has 134 valence electrons. The van der Waals surface area contributed by atoms with E-state index in [0.29, 0.717) is 6.61 Å². The van der Waals surface area contributed by atoms with E-state index >= 15 is 0 Å². The van der Waals surface area contributed by atoms with Crippen LogP contribution in [0.1, 0.15) is 35.1 Å². The summed E-state index contributed by atoms with van der Waals surface area (Å²) in [4.78, 5) is 9.95. The molecule has 27 heavy (non-hydrogen) atoms. The molecular formula is C24H22N2O. The fourth-order valence-electron chi connectivity index (χ4n) is 3.44. The van der Waals surface area contributed by atoms with Crippen molar-refractivity contribution in [3.8, 4) is 0 Å². The fraction of sp³-hybridized carbons (Fsp3) is 0.167. The van der Waals surface area contributed by atoms with Gasteiger partial charge in [0.1, 0.15) is 12.3 Å². The number of rotatable bonds is 6. The zero-order valence-corrected chi connectivity index (χ0v) is 15.2. The minimum atomic E-state index is 0.552. The molecule has 0 amide bonds. The summed E-state index contributed by atoms with van der Waals surface area (Å²) in [5.41, 5.74) is 6.92. The van der Waals surface area contributed by atoms with Gasteiger partial charge in [0.15, 0.2) is 0 Å². The highest BCUT2D eigenvalue weighted by Crippen LogP contribution is 2.28. The van der Waals surface area contributed by atoms with Gasteiger partial charge in [-0.25, -0.2) is 0 Å². The predicted octanol–water partition coefficient (Wildman–Crippen LogP) is 5.27. The molecule has 0 bridgehead atoms. The molecule has 0 atom stereocenters. The third-order valence-electron chi connectivity index (χ3n) is 4.77. The van der Waals surface area contributed by atoms with Gasteiger partial charge in [0.05, 0.1) is 0 Å². The largest absolute Gasteiger partial charge is 0.395 e. The van der Waals surface area contributed by atoms with Gasteiger partial charge < -0.3 is 4.84 Å². The highest BCUT2D eigenvalue weighted by Gasteiger charge is 2.12. The monoisotopic (exact) mass is 354 g/mol. The van der Waals surface area contributed by atoms with Crippen molar-refractivity contribution in [2.75, 3.05) is 6.61 Å². The zero-order chi connectivity index (χ0) is 18.3. The maximum atomic E-state index is 5.74. The van der Waals surface area contributed by atoms with Gasteiger partial charge in [-0.1, -0.05) is 65.8 Å². The van der Waals surface area contributed by atoms with Gasteiger partial charge in [0, 0.05) is 29.9 Å². The van der Waals surface area contributed by atoms with Crippen LogP contribution in [0.2, 0.25) is 0 Å². The molecule has 0 radical (unpaired) electrons. The average Bonchev–Trinajstić information content (AvgIpc) is 2.75. The maximum absolute atomic E-state index is 5.74. The average molecular weight is 354 g/mol. The Morgan fingerprint density at radius 1 is 0.926 bits per heavy atom. The first kappa shape index (κ1) is 17.2. The van der Waals surface area contributed by atoms with Crippen LogP contribution in [-0.4, -0.2) is 17.3 Å². The Morgan fingerprint density at radius 2 is 1.74 bits per heavy atom. The maximum Gasteiger partial charge on any atom is 0.121 e. The first-order chi connectivity index (χ1) is 13.4. The Balaban J connectivity index is 1.48.